The number of hydrogen-bond donors (Lipinski definition) is 4. The molecule has 5 N–H and O–H groups in total. The summed E-state index contributed by atoms with van der Waals surface area (Å²) in [5, 5.41) is 27.4. The van der Waals surface area contributed by atoms with E-state index in [2.05, 4.69) is 49.4 Å². The van der Waals surface area contributed by atoms with E-state index < -0.39 is 32.0 Å². The van der Waals surface area contributed by atoms with Crippen molar-refractivity contribution in [1.29, 1.82) is 0 Å². The van der Waals surface area contributed by atoms with Crippen LogP contribution >= 0.6 is 19.8 Å². The number of benzene rings is 1. The number of nitrogens with zero attached hydrogens (tertiary/aromatic N) is 4. The first-order valence-electron chi connectivity index (χ1n) is 12.5. The molecule has 0 amide bonds. The monoisotopic (exact) mass is 600 g/mol. The summed E-state index contributed by atoms with van der Waals surface area (Å²) in [5.74, 6) is 1.47. The summed E-state index contributed by atoms with van der Waals surface area (Å²) >= 11 is -0.941. The van der Waals surface area contributed by atoms with Crippen molar-refractivity contribution in [3.63, 3.8) is 0 Å². The molecule has 1 fully saturated rings. The predicted molar refractivity (Wildman–Crippen MR) is 153 cm³/mol. The molecule has 0 spiro atoms. The second-order valence-electron chi connectivity index (χ2n) is 10.3. The van der Waals surface area contributed by atoms with Crippen molar-refractivity contribution in [3.05, 3.63) is 54.0 Å². The molecular formula is C27H33IN6O2. The van der Waals surface area contributed by atoms with Gasteiger partial charge < -0.3 is 15.4 Å². The molecule has 6 rings (SSSR count). The van der Waals surface area contributed by atoms with Crippen LogP contribution in [0.15, 0.2) is 42.9 Å². The van der Waals surface area contributed by atoms with Crippen molar-refractivity contribution < 1.29 is 10.2 Å². The minimum atomic E-state index is -0.941. The molecule has 1 aliphatic carbocycles. The van der Waals surface area contributed by atoms with E-state index >= 15 is 0 Å². The number of pyridine rings is 1. The SMILES string of the molecule is CI(C)[C@@H]1CCc2cc3ccc(CC[C@H]4C[C@@H](n5ccc6c(N)ncnc65)[C@H](O)[C@@H]4O)cc3nc2N1. The summed E-state index contributed by atoms with van der Waals surface area (Å²) < 4.78 is 2.56. The number of nitrogens with one attached hydrogen (secondary N) is 1. The van der Waals surface area contributed by atoms with Crippen LogP contribution < -0.4 is 11.1 Å². The molecule has 0 saturated heterocycles. The number of hydrogen-bond acceptors (Lipinski definition) is 7. The number of nitrogens with two attached hydrogens (primary N) is 1. The first-order valence-corrected chi connectivity index (χ1v) is 18.1. The van der Waals surface area contributed by atoms with Crippen molar-refractivity contribution in [2.45, 2.75) is 54.4 Å². The van der Waals surface area contributed by atoms with Crippen molar-refractivity contribution in [1.82, 2.24) is 19.5 Å². The Morgan fingerprint density at radius 2 is 2.00 bits per heavy atom. The van der Waals surface area contributed by atoms with Gasteiger partial charge in [-0.25, -0.2) is 9.97 Å². The zero-order chi connectivity index (χ0) is 25.0. The van der Waals surface area contributed by atoms with Crippen LogP contribution in [-0.2, 0) is 12.8 Å². The van der Waals surface area contributed by atoms with Crippen LogP contribution in [-0.4, -0.2) is 55.8 Å². The van der Waals surface area contributed by atoms with Crippen LogP contribution in [0.5, 0.6) is 0 Å². The fourth-order valence-corrected chi connectivity index (χ4v) is 8.30. The number of anilines is 2. The van der Waals surface area contributed by atoms with Crippen LogP contribution in [0.2, 0.25) is 0 Å². The Hall–Kier alpha value is -2.50. The van der Waals surface area contributed by atoms with E-state index in [4.69, 9.17) is 10.7 Å². The third kappa shape index (κ3) is 4.20. The van der Waals surface area contributed by atoms with Crippen LogP contribution in [0.25, 0.3) is 21.9 Å². The van der Waals surface area contributed by atoms with Gasteiger partial charge in [0.25, 0.3) is 0 Å². The fourth-order valence-electron chi connectivity index (χ4n) is 5.83. The quantitative estimate of drug-likeness (QED) is 0.156. The molecule has 0 unspecified atom stereocenters. The average Bonchev–Trinajstić information content (AvgIpc) is 3.42. The number of nitrogen functional groups attached to an aromatic ring is 1. The van der Waals surface area contributed by atoms with Gasteiger partial charge in [-0.05, 0) is 6.07 Å². The van der Waals surface area contributed by atoms with Gasteiger partial charge in [-0.15, -0.1) is 0 Å². The zero-order valence-corrected chi connectivity index (χ0v) is 22.8. The number of halogens is 1. The summed E-state index contributed by atoms with van der Waals surface area (Å²) in [4.78, 5) is 18.2. The Balaban J connectivity index is 1.18. The summed E-state index contributed by atoms with van der Waals surface area (Å²) in [6.45, 7) is 0. The number of rotatable bonds is 5. The van der Waals surface area contributed by atoms with Gasteiger partial charge >= 0.3 is 158 Å². The number of fused-ring (bicyclic) bond motifs is 3. The molecule has 1 saturated carbocycles. The number of aromatic nitrogens is 4. The Kier molecular flexibility index (Phi) is 6.25. The number of aryl methyl sites for hydroxylation is 2. The van der Waals surface area contributed by atoms with Gasteiger partial charge in [-0.2, -0.15) is 0 Å². The van der Waals surface area contributed by atoms with Crippen LogP contribution in [0.4, 0.5) is 11.6 Å². The summed E-state index contributed by atoms with van der Waals surface area (Å²) in [5.41, 5.74) is 10.2. The van der Waals surface area contributed by atoms with Crippen molar-refractivity contribution in [3.8, 4) is 0 Å². The number of aliphatic hydroxyl groups excluding tert-OH is 2. The average molecular weight is 601 g/mol. The van der Waals surface area contributed by atoms with E-state index in [1.54, 1.807) is 0 Å². The summed E-state index contributed by atoms with van der Waals surface area (Å²) in [7, 11) is 0. The Morgan fingerprint density at radius 1 is 1.14 bits per heavy atom. The third-order valence-electron chi connectivity index (χ3n) is 7.92. The van der Waals surface area contributed by atoms with E-state index in [0.29, 0.717) is 21.9 Å². The maximum absolute atomic E-state index is 10.9. The van der Waals surface area contributed by atoms with Gasteiger partial charge in [-0.1, -0.05) is 0 Å². The Bertz CT molecular complexity index is 1420. The minimum absolute atomic E-state index is 0.00659. The topological polar surface area (TPSA) is 122 Å². The molecule has 4 heterocycles. The van der Waals surface area contributed by atoms with Crippen LogP contribution in [0, 0.1) is 5.92 Å². The van der Waals surface area contributed by atoms with E-state index in [0.717, 1.165) is 36.0 Å². The van der Waals surface area contributed by atoms with Gasteiger partial charge in [0.2, 0.25) is 0 Å². The molecule has 190 valence electrons. The van der Waals surface area contributed by atoms with E-state index in [-0.39, 0.29) is 12.0 Å². The van der Waals surface area contributed by atoms with Crippen LogP contribution in [0.1, 0.15) is 36.4 Å². The number of aliphatic hydroxyl groups is 2. The molecule has 1 aliphatic heterocycles. The molecule has 5 atom stereocenters. The predicted octanol–water partition coefficient (Wildman–Crippen LogP) is 3.93. The second-order valence-corrected chi connectivity index (χ2v) is 16.4. The molecule has 8 nitrogen and oxygen atoms in total. The standard InChI is InChI=1S/C27H33IN6O2/c1-28(2)22-8-7-18-12-16-5-3-15(11-20(16)32-26(18)33-22)4-6-17-13-21(24(36)23(17)35)34-10-9-19-25(29)30-14-31-27(19)34/h3,5,9-12,14,17,21-24,35-36H,4,6-8,13H2,1-2H3,(H,32,33)(H2,29,30,31)/t17-,21+,22-,23+,24-/m0/s1. The third-order valence-corrected chi connectivity index (χ3v) is 11.9. The van der Waals surface area contributed by atoms with Crippen molar-refractivity contribution in [2.75, 3.05) is 20.9 Å². The molecule has 0 bridgehead atoms. The Labute approximate surface area is 217 Å². The fraction of sp³-hybridized carbons (Fsp3) is 0.444. The first-order chi connectivity index (χ1) is 17.4. The van der Waals surface area contributed by atoms with Crippen molar-refractivity contribution >= 4 is 53.4 Å². The molecule has 1 aromatic carbocycles. The second kappa shape index (κ2) is 9.42. The van der Waals surface area contributed by atoms with E-state index in [1.165, 1.54) is 29.3 Å². The van der Waals surface area contributed by atoms with Gasteiger partial charge in [0.05, 0.1) is 5.39 Å². The van der Waals surface area contributed by atoms with E-state index in [9.17, 15) is 10.2 Å². The molecule has 36 heavy (non-hydrogen) atoms. The summed E-state index contributed by atoms with van der Waals surface area (Å²) in [6.07, 6.45) is 6.31. The Morgan fingerprint density at radius 3 is 2.83 bits per heavy atom. The molecule has 4 aromatic rings. The maximum atomic E-state index is 10.9. The normalized spacial score (nSPS) is 26.2. The molecular weight excluding hydrogens is 567 g/mol. The van der Waals surface area contributed by atoms with Crippen LogP contribution in [0.3, 0.4) is 0 Å². The van der Waals surface area contributed by atoms with E-state index in [1.807, 2.05) is 16.8 Å². The molecule has 2 aliphatic rings. The zero-order valence-electron chi connectivity index (χ0n) is 20.6. The van der Waals surface area contributed by atoms with Crippen molar-refractivity contribution in [2.24, 2.45) is 5.92 Å². The molecule has 9 heteroatoms. The van der Waals surface area contributed by atoms with Gasteiger partial charge in [0.15, 0.2) is 0 Å². The number of alkyl halides is 3. The van der Waals surface area contributed by atoms with Gasteiger partial charge in [0, 0.05) is 6.20 Å². The van der Waals surface area contributed by atoms with Gasteiger partial charge in [-0.3, -0.25) is 0 Å². The van der Waals surface area contributed by atoms with Gasteiger partial charge in [0.1, 0.15) is 17.8 Å². The first kappa shape index (κ1) is 23.9. The molecule has 0 radical (unpaired) electrons. The molecule has 3 aromatic heterocycles. The summed E-state index contributed by atoms with van der Waals surface area (Å²) in [6, 6.07) is 10.4.